The van der Waals surface area contributed by atoms with E-state index in [9.17, 15) is 0 Å². The van der Waals surface area contributed by atoms with Gasteiger partial charge in [0.05, 0.1) is 6.61 Å². The zero-order valence-corrected chi connectivity index (χ0v) is 8.18. The van der Waals surface area contributed by atoms with Crippen molar-refractivity contribution in [1.82, 2.24) is 0 Å². The summed E-state index contributed by atoms with van der Waals surface area (Å²) in [4.78, 5) is 0. The lowest BCUT2D eigenvalue weighted by Gasteiger charge is -2.10. The van der Waals surface area contributed by atoms with Gasteiger partial charge in [-0.05, 0) is 11.8 Å². The summed E-state index contributed by atoms with van der Waals surface area (Å²) in [6, 6.07) is 0. The third-order valence-electron chi connectivity index (χ3n) is 1.18. The van der Waals surface area contributed by atoms with Gasteiger partial charge in [-0.2, -0.15) is 0 Å². The third kappa shape index (κ3) is 9.70. The molecule has 0 aromatic heterocycles. The molecule has 0 aliphatic heterocycles. The summed E-state index contributed by atoms with van der Waals surface area (Å²) < 4.78 is 5.29. The van der Waals surface area contributed by atoms with Crippen LogP contribution in [-0.4, -0.2) is 13.2 Å². The Balaban J connectivity index is 3.30. The van der Waals surface area contributed by atoms with E-state index in [2.05, 4.69) is 39.8 Å². The van der Waals surface area contributed by atoms with Crippen LogP contribution in [0.3, 0.4) is 0 Å². The van der Waals surface area contributed by atoms with Crippen molar-refractivity contribution in [3.05, 3.63) is 12.2 Å². The molecule has 0 aliphatic rings. The topological polar surface area (TPSA) is 9.23 Å². The average molecular weight is 156 g/mol. The molecule has 0 saturated heterocycles. The minimum absolute atomic E-state index is 0.287. The van der Waals surface area contributed by atoms with E-state index in [0.29, 0.717) is 0 Å². The Bertz CT molecular complexity index is 109. The van der Waals surface area contributed by atoms with Gasteiger partial charge in [0.25, 0.3) is 0 Å². The van der Waals surface area contributed by atoms with E-state index < -0.39 is 0 Å². The largest absolute Gasteiger partial charge is 0.377 e. The minimum atomic E-state index is 0.287. The Kier molecular flexibility index (Phi) is 5.22. The zero-order chi connectivity index (χ0) is 8.74. The first-order valence-corrected chi connectivity index (χ1v) is 4.31. The van der Waals surface area contributed by atoms with Crippen molar-refractivity contribution < 1.29 is 4.74 Å². The molecule has 0 aromatic rings. The Labute approximate surface area is 70.4 Å². The van der Waals surface area contributed by atoms with Crippen molar-refractivity contribution in [2.24, 2.45) is 5.41 Å². The molecule has 0 heterocycles. The summed E-state index contributed by atoms with van der Waals surface area (Å²) in [5, 5.41) is 0. The molecule has 0 radical (unpaired) electrons. The van der Waals surface area contributed by atoms with E-state index in [4.69, 9.17) is 4.74 Å². The zero-order valence-electron chi connectivity index (χ0n) is 8.18. The number of rotatable bonds is 4. The highest BCUT2D eigenvalue weighted by molar-refractivity contribution is 4.91. The Morgan fingerprint density at radius 3 is 2.36 bits per heavy atom. The maximum atomic E-state index is 5.29. The highest BCUT2D eigenvalue weighted by Gasteiger charge is 2.02. The molecule has 0 bridgehead atoms. The summed E-state index contributed by atoms with van der Waals surface area (Å²) in [5.41, 5.74) is 0.287. The summed E-state index contributed by atoms with van der Waals surface area (Å²) in [7, 11) is 0. The van der Waals surface area contributed by atoms with E-state index in [0.717, 1.165) is 19.6 Å². The molecule has 0 N–H and O–H groups in total. The maximum absolute atomic E-state index is 5.29. The number of allylic oxidation sites excluding steroid dienone is 1. The molecule has 11 heavy (non-hydrogen) atoms. The van der Waals surface area contributed by atoms with Gasteiger partial charge in [0.15, 0.2) is 0 Å². The molecule has 0 fully saturated rings. The van der Waals surface area contributed by atoms with Gasteiger partial charge in [-0.15, -0.1) is 0 Å². The van der Waals surface area contributed by atoms with Crippen LogP contribution in [0.4, 0.5) is 0 Å². The maximum Gasteiger partial charge on any atom is 0.0647 e. The van der Waals surface area contributed by atoms with Gasteiger partial charge in [-0.3, -0.25) is 0 Å². The van der Waals surface area contributed by atoms with Crippen LogP contribution in [0.25, 0.3) is 0 Å². The molecule has 1 nitrogen and oxygen atoms in total. The van der Waals surface area contributed by atoms with E-state index in [1.807, 2.05) is 0 Å². The van der Waals surface area contributed by atoms with Crippen molar-refractivity contribution in [3.8, 4) is 0 Å². The van der Waals surface area contributed by atoms with Crippen LogP contribution in [-0.2, 0) is 4.74 Å². The average Bonchev–Trinajstić information content (AvgIpc) is 1.85. The van der Waals surface area contributed by atoms with Crippen LogP contribution in [0.1, 0.15) is 34.1 Å². The van der Waals surface area contributed by atoms with Gasteiger partial charge in [-0.25, -0.2) is 0 Å². The fourth-order valence-corrected chi connectivity index (χ4v) is 0.697. The van der Waals surface area contributed by atoms with Gasteiger partial charge in [0.1, 0.15) is 0 Å². The molecule has 0 spiro atoms. The van der Waals surface area contributed by atoms with Crippen LogP contribution in [0.5, 0.6) is 0 Å². The van der Waals surface area contributed by atoms with Crippen molar-refractivity contribution in [2.75, 3.05) is 13.2 Å². The molecule has 0 aromatic carbocycles. The lowest BCUT2D eigenvalue weighted by atomic mass is 9.96. The Morgan fingerprint density at radius 1 is 1.27 bits per heavy atom. The summed E-state index contributed by atoms with van der Waals surface area (Å²) in [5.74, 6) is 0. The van der Waals surface area contributed by atoms with E-state index in [1.54, 1.807) is 0 Å². The monoisotopic (exact) mass is 156 g/mol. The predicted molar refractivity (Wildman–Crippen MR) is 49.7 cm³/mol. The SMILES string of the molecule is CCCOC/C=C/C(C)(C)C. The lowest BCUT2D eigenvalue weighted by Crippen LogP contribution is -2.00. The molecular formula is C10H20O. The number of hydrogen-bond acceptors (Lipinski definition) is 1. The molecule has 0 atom stereocenters. The molecule has 0 unspecified atom stereocenters. The van der Waals surface area contributed by atoms with Crippen molar-refractivity contribution >= 4 is 0 Å². The van der Waals surface area contributed by atoms with Crippen molar-refractivity contribution in [3.63, 3.8) is 0 Å². The quantitative estimate of drug-likeness (QED) is 0.449. The van der Waals surface area contributed by atoms with Gasteiger partial charge >= 0.3 is 0 Å². The summed E-state index contributed by atoms with van der Waals surface area (Å²) in [6.07, 6.45) is 5.38. The van der Waals surface area contributed by atoms with E-state index in [1.165, 1.54) is 0 Å². The first kappa shape index (κ1) is 10.7. The smallest absolute Gasteiger partial charge is 0.0647 e. The van der Waals surface area contributed by atoms with Gasteiger partial charge in [0.2, 0.25) is 0 Å². The second-order valence-electron chi connectivity index (χ2n) is 3.84. The molecule has 0 saturated carbocycles. The fraction of sp³-hybridized carbons (Fsp3) is 0.800. The highest BCUT2D eigenvalue weighted by Crippen LogP contribution is 2.13. The van der Waals surface area contributed by atoms with E-state index >= 15 is 0 Å². The predicted octanol–water partition coefficient (Wildman–Crippen LogP) is 3.02. The van der Waals surface area contributed by atoms with Crippen LogP contribution >= 0.6 is 0 Å². The summed E-state index contributed by atoms with van der Waals surface area (Å²) in [6.45, 7) is 10.3. The first-order valence-electron chi connectivity index (χ1n) is 4.31. The normalized spacial score (nSPS) is 12.7. The number of ether oxygens (including phenoxy) is 1. The van der Waals surface area contributed by atoms with Crippen LogP contribution in [0.2, 0.25) is 0 Å². The van der Waals surface area contributed by atoms with Crippen LogP contribution in [0.15, 0.2) is 12.2 Å². The summed E-state index contributed by atoms with van der Waals surface area (Å²) >= 11 is 0. The van der Waals surface area contributed by atoms with Gasteiger partial charge in [0, 0.05) is 6.61 Å². The molecule has 0 aliphatic carbocycles. The van der Waals surface area contributed by atoms with Crippen molar-refractivity contribution in [2.45, 2.75) is 34.1 Å². The highest BCUT2D eigenvalue weighted by atomic mass is 16.5. The second kappa shape index (κ2) is 5.36. The molecule has 0 amide bonds. The van der Waals surface area contributed by atoms with Gasteiger partial charge < -0.3 is 4.74 Å². The lowest BCUT2D eigenvalue weighted by molar-refractivity contribution is 0.162. The van der Waals surface area contributed by atoms with E-state index in [-0.39, 0.29) is 5.41 Å². The van der Waals surface area contributed by atoms with Crippen LogP contribution < -0.4 is 0 Å². The second-order valence-corrected chi connectivity index (χ2v) is 3.84. The van der Waals surface area contributed by atoms with Crippen LogP contribution in [0, 0.1) is 5.41 Å². The number of hydrogen-bond donors (Lipinski definition) is 0. The standard InChI is InChI=1S/C10H20O/c1-5-8-11-9-6-7-10(2,3)4/h6-7H,5,8-9H2,1-4H3/b7-6+. The Hall–Kier alpha value is -0.300. The Morgan fingerprint density at radius 2 is 1.91 bits per heavy atom. The third-order valence-corrected chi connectivity index (χ3v) is 1.18. The first-order chi connectivity index (χ1) is 5.06. The molecule has 1 heteroatoms. The molecule has 66 valence electrons. The fourth-order valence-electron chi connectivity index (χ4n) is 0.697. The molecule has 0 rings (SSSR count). The molecular weight excluding hydrogens is 136 g/mol. The van der Waals surface area contributed by atoms with Crippen molar-refractivity contribution in [1.29, 1.82) is 0 Å². The van der Waals surface area contributed by atoms with Gasteiger partial charge in [-0.1, -0.05) is 39.8 Å². The minimum Gasteiger partial charge on any atom is -0.377 e.